The molecule has 21 heavy (non-hydrogen) atoms. The fraction of sp³-hybridized carbons (Fsp3) is 0.647. The zero-order valence-electron chi connectivity index (χ0n) is 13.1. The summed E-state index contributed by atoms with van der Waals surface area (Å²) < 4.78 is 5.44. The van der Waals surface area contributed by atoms with Gasteiger partial charge in [0.25, 0.3) is 0 Å². The van der Waals surface area contributed by atoms with Gasteiger partial charge >= 0.3 is 0 Å². The van der Waals surface area contributed by atoms with Crippen molar-refractivity contribution in [3.8, 4) is 0 Å². The van der Waals surface area contributed by atoms with Crippen LogP contribution in [0.4, 0.5) is 0 Å². The van der Waals surface area contributed by atoms with Crippen LogP contribution in [0.25, 0.3) is 0 Å². The van der Waals surface area contributed by atoms with Crippen molar-refractivity contribution in [2.75, 3.05) is 33.3 Å². The van der Waals surface area contributed by atoms with E-state index in [1.165, 1.54) is 5.56 Å². The zero-order chi connectivity index (χ0) is 15.1. The van der Waals surface area contributed by atoms with Crippen LogP contribution in [0, 0.1) is 0 Å². The highest BCUT2D eigenvalue weighted by atomic mass is 35.5. The number of ether oxygens (including phenoxy) is 1. The first-order chi connectivity index (χ1) is 10.2. The average molecular weight is 311 g/mol. The molecular formula is C17H27ClN2O. The van der Waals surface area contributed by atoms with Gasteiger partial charge in [-0.2, -0.15) is 0 Å². The summed E-state index contributed by atoms with van der Waals surface area (Å²) >= 11 is 6.13. The topological polar surface area (TPSA) is 24.5 Å². The Bertz CT molecular complexity index is 427. The molecule has 1 aromatic carbocycles. The predicted octanol–water partition coefficient (Wildman–Crippen LogP) is 3.49. The highest BCUT2D eigenvalue weighted by Gasteiger charge is 2.22. The van der Waals surface area contributed by atoms with Gasteiger partial charge in [-0.15, -0.1) is 0 Å². The van der Waals surface area contributed by atoms with Crippen molar-refractivity contribution in [3.63, 3.8) is 0 Å². The molecule has 0 aliphatic carbocycles. The molecule has 0 amide bonds. The summed E-state index contributed by atoms with van der Waals surface area (Å²) in [6.07, 6.45) is 3.82. The smallest absolute Gasteiger partial charge is 0.0710 e. The van der Waals surface area contributed by atoms with E-state index in [0.717, 1.165) is 50.5 Å². The van der Waals surface area contributed by atoms with Gasteiger partial charge in [0.1, 0.15) is 0 Å². The SMILES string of the molecule is CCCNC(CCN1CCC(OC)C1)c1cccc(Cl)c1. The highest BCUT2D eigenvalue weighted by molar-refractivity contribution is 6.30. The van der Waals surface area contributed by atoms with Crippen LogP contribution < -0.4 is 5.32 Å². The summed E-state index contributed by atoms with van der Waals surface area (Å²) in [5.41, 5.74) is 1.29. The lowest BCUT2D eigenvalue weighted by molar-refractivity contribution is 0.107. The standard InChI is InChI=1S/C17H27ClN2O/c1-3-9-19-17(14-5-4-6-15(18)12-14)8-11-20-10-7-16(13-20)21-2/h4-6,12,16-17,19H,3,7-11,13H2,1-2H3. The lowest BCUT2D eigenvalue weighted by Crippen LogP contribution is -2.29. The van der Waals surface area contributed by atoms with Crippen LogP contribution in [0.3, 0.4) is 0 Å². The normalized spacial score (nSPS) is 20.8. The molecule has 1 aromatic rings. The van der Waals surface area contributed by atoms with Crippen LogP contribution in [0.5, 0.6) is 0 Å². The quantitative estimate of drug-likeness (QED) is 0.795. The number of rotatable bonds is 8. The number of nitrogens with one attached hydrogen (secondary N) is 1. The average Bonchev–Trinajstić information content (AvgIpc) is 2.95. The molecule has 0 bridgehead atoms. The lowest BCUT2D eigenvalue weighted by Gasteiger charge is -2.23. The Morgan fingerprint density at radius 3 is 3.00 bits per heavy atom. The molecule has 1 saturated heterocycles. The minimum absolute atomic E-state index is 0.380. The van der Waals surface area contributed by atoms with E-state index in [1.54, 1.807) is 0 Å². The molecular weight excluding hydrogens is 284 g/mol. The van der Waals surface area contributed by atoms with Crippen molar-refractivity contribution < 1.29 is 4.74 Å². The molecule has 1 aliphatic rings. The number of benzene rings is 1. The Morgan fingerprint density at radius 2 is 2.33 bits per heavy atom. The van der Waals surface area contributed by atoms with E-state index in [4.69, 9.17) is 16.3 Å². The molecule has 0 saturated carbocycles. The summed E-state index contributed by atoms with van der Waals surface area (Å²) in [5.74, 6) is 0. The van der Waals surface area contributed by atoms with Crippen molar-refractivity contribution in [3.05, 3.63) is 34.9 Å². The van der Waals surface area contributed by atoms with Gasteiger partial charge in [-0.3, -0.25) is 0 Å². The third kappa shape index (κ3) is 5.26. The fourth-order valence-electron chi connectivity index (χ4n) is 2.93. The van der Waals surface area contributed by atoms with Crippen molar-refractivity contribution in [1.29, 1.82) is 0 Å². The van der Waals surface area contributed by atoms with Crippen LogP contribution in [0.15, 0.2) is 24.3 Å². The largest absolute Gasteiger partial charge is 0.380 e. The third-order valence-corrected chi connectivity index (χ3v) is 4.42. The second-order valence-electron chi connectivity index (χ2n) is 5.80. The van der Waals surface area contributed by atoms with E-state index < -0.39 is 0 Å². The van der Waals surface area contributed by atoms with Gasteiger partial charge in [0, 0.05) is 37.8 Å². The van der Waals surface area contributed by atoms with Gasteiger partial charge in [-0.25, -0.2) is 0 Å². The fourth-order valence-corrected chi connectivity index (χ4v) is 3.13. The zero-order valence-corrected chi connectivity index (χ0v) is 13.9. The van der Waals surface area contributed by atoms with Gasteiger partial charge < -0.3 is 15.0 Å². The number of hydrogen-bond acceptors (Lipinski definition) is 3. The summed E-state index contributed by atoms with van der Waals surface area (Å²) in [6, 6.07) is 8.60. The molecule has 3 nitrogen and oxygen atoms in total. The van der Waals surface area contributed by atoms with Gasteiger partial charge in [0.15, 0.2) is 0 Å². The molecule has 1 N–H and O–H groups in total. The van der Waals surface area contributed by atoms with Crippen LogP contribution >= 0.6 is 11.6 Å². The van der Waals surface area contributed by atoms with Gasteiger partial charge in [-0.05, 0) is 43.5 Å². The van der Waals surface area contributed by atoms with E-state index in [1.807, 2.05) is 19.2 Å². The molecule has 2 atom stereocenters. The van der Waals surface area contributed by atoms with Gasteiger partial charge in [-0.1, -0.05) is 30.7 Å². The second-order valence-corrected chi connectivity index (χ2v) is 6.23. The number of methoxy groups -OCH3 is 1. The highest BCUT2D eigenvalue weighted by Crippen LogP contribution is 2.22. The molecule has 4 heteroatoms. The lowest BCUT2D eigenvalue weighted by atomic mass is 10.0. The van der Waals surface area contributed by atoms with Crippen LogP contribution in [-0.4, -0.2) is 44.3 Å². The predicted molar refractivity (Wildman–Crippen MR) is 89.0 cm³/mol. The van der Waals surface area contributed by atoms with Crippen molar-refractivity contribution in [1.82, 2.24) is 10.2 Å². The Kier molecular flexibility index (Phi) is 6.97. The van der Waals surface area contributed by atoms with Crippen molar-refractivity contribution in [2.45, 2.75) is 38.3 Å². The molecule has 0 radical (unpaired) electrons. The van der Waals surface area contributed by atoms with E-state index in [2.05, 4.69) is 29.3 Å². The first kappa shape index (κ1) is 16.8. The summed E-state index contributed by atoms with van der Waals surface area (Å²) in [5, 5.41) is 4.46. The second kappa shape index (κ2) is 8.74. The van der Waals surface area contributed by atoms with Gasteiger partial charge in [0.2, 0.25) is 0 Å². The van der Waals surface area contributed by atoms with E-state index >= 15 is 0 Å². The number of hydrogen-bond donors (Lipinski definition) is 1. The minimum Gasteiger partial charge on any atom is -0.380 e. The molecule has 0 aromatic heterocycles. The number of likely N-dealkylation sites (tertiary alicyclic amines) is 1. The number of nitrogens with zero attached hydrogens (tertiary/aromatic N) is 1. The molecule has 1 fully saturated rings. The monoisotopic (exact) mass is 310 g/mol. The first-order valence-electron chi connectivity index (χ1n) is 7.97. The van der Waals surface area contributed by atoms with Crippen LogP contribution in [-0.2, 0) is 4.74 Å². The maximum Gasteiger partial charge on any atom is 0.0710 e. The van der Waals surface area contributed by atoms with E-state index in [0.29, 0.717) is 12.1 Å². The Labute approximate surface area is 133 Å². The summed E-state index contributed by atoms with van der Waals surface area (Å²) in [7, 11) is 1.81. The summed E-state index contributed by atoms with van der Waals surface area (Å²) in [4.78, 5) is 2.50. The molecule has 0 spiro atoms. The van der Waals surface area contributed by atoms with Crippen molar-refractivity contribution in [2.24, 2.45) is 0 Å². The van der Waals surface area contributed by atoms with Gasteiger partial charge in [0.05, 0.1) is 6.10 Å². The molecule has 1 heterocycles. The van der Waals surface area contributed by atoms with E-state index in [9.17, 15) is 0 Å². The van der Waals surface area contributed by atoms with Crippen molar-refractivity contribution >= 4 is 11.6 Å². The summed E-state index contributed by atoms with van der Waals surface area (Å²) in [6.45, 7) is 6.55. The molecule has 1 aliphatic heterocycles. The maximum atomic E-state index is 6.13. The first-order valence-corrected chi connectivity index (χ1v) is 8.34. The van der Waals surface area contributed by atoms with E-state index in [-0.39, 0.29) is 0 Å². The molecule has 2 rings (SSSR count). The number of halogens is 1. The molecule has 2 unspecified atom stereocenters. The molecule has 118 valence electrons. The third-order valence-electron chi connectivity index (χ3n) is 4.19. The maximum absolute atomic E-state index is 6.13. The van der Waals surface area contributed by atoms with Crippen LogP contribution in [0.2, 0.25) is 5.02 Å². The van der Waals surface area contributed by atoms with Crippen LogP contribution in [0.1, 0.15) is 37.8 Å². The Hall–Kier alpha value is -0.610. The minimum atomic E-state index is 0.380. The Balaban J connectivity index is 1.90. The Morgan fingerprint density at radius 1 is 1.48 bits per heavy atom.